The molecular formula is C23H25ClN2O2. The maximum Gasteiger partial charge on any atom is 0.418 e. The molecule has 0 aliphatic carbocycles. The minimum absolute atomic E-state index is 0.410. The predicted molar refractivity (Wildman–Crippen MR) is 115 cm³/mol. The Labute approximate surface area is 171 Å². The van der Waals surface area contributed by atoms with Crippen molar-refractivity contribution in [2.24, 2.45) is 5.92 Å². The Morgan fingerprint density at radius 3 is 2.32 bits per heavy atom. The highest BCUT2D eigenvalue weighted by Gasteiger charge is 2.20. The largest absolute Gasteiger partial charge is 0.418 e. The van der Waals surface area contributed by atoms with Crippen LogP contribution in [0.1, 0.15) is 25.0 Å². The maximum absolute atomic E-state index is 12.6. The number of nitrogens with zero attached hydrogens (tertiary/aromatic N) is 1. The first-order valence-corrected chi connectivity index (χ1v) is 9.72. The third-order valence-corrected chi connectivity index (χ3v) is 4.65. The number of carbonyl (C=O) groups excluding carboxylic acids is 1. The first-order chi connectivity index (χ1) is 13.3. The molecule has 5 heteroatoms. The van der Waals surface area contributed by atoms with E-state index in [0.717, 1.165) is 28.8 Å². The van der Waals surface area contributed by atoms with Gasteiger partial charge < -0.3 is 9.30 Å². The van der Waals surface area contributed by atoms with Gasteiger partial charge in [0.15, 0.2) is 0 Å². The fourth-order valence-corrected chi connectivity index (χ4v) is 3.27. The van der Waals surface area contributed by atoms with Gasteiger partial charge in [-0.15, -0.1) is 0 Å². The topological polar surface area (TPSA) is 43.3 Å². The Hall–Kier alpha value is -2.72. The highest BCUT2D eigenvalue weighted by Crippen LogP contribution is 2.36. The lowest BCUT2D eigenvalue weighted by molar-refractivity contribution is 0.210. The monoisotopic (exact) mass is 396 g/mol. The van der Waals surface area contributed by atoms with Crippen LogP contribution in [0.4, 0.5) is 10.5 Å². The molecule has 0 fully saturated rings. The van der Waals surface area contributed by atoms with Gasteiger partial charge in [0.2, 0.25) is 5.88 Å². The number of carbonyl (C=O) groups is 1. The van der Waals surface area contributed by atoms with Crippen LogP contribution in [0.2, 0.25) is 5.02 Å². The molecule has 1 aromatic heterocycles. The fraction of sp³-hybridized carbons (Fsp3) is 0.261. The first kappa shape index (κ1) is 20.0. The summed E-state index contributed by atoms with van der Waals surface area (Å²) < 4.78 is 7.80. The maximum atomic E-state index is 12.6. The van der Waals surface area contributed by atoms with Crippen molar-refractivity contribution in [1.29, 1.82) is 0 Å². The van der Waals surface area contributed by atoms with E-state index >= 15 is 0 Å². The van der Waals surface area contributed by atoms with Gasteiger partial charge in [-0.05, 0) is 55.2 Å². The molecule has 0 aliphatic rings. The number of hydrogen-bond donors (Lipinski definition) is 1. The van der Waals surface area contributed by atoms with Crippen molar-refractivity contribution < 1.29 is 9.53 Å². The normalized spacial score (nSPS) is 10.9. The lowest BCUT2D eigenvalue weighted by Gasteiger charge is -2.14. The van der Waals surface area contributed by atoms with Crippen molar-refractivity contribution in [3.63, 3.8) is 0 Å². The molecular weight excluding hydrogens is 372 g/mol. The minimum atomic E-state index is -0.512. The van der Waals surface area contributed by atoms with E-state index in [4.69, 9.17) is 16.3 Å². The summed E-state index contributed by atoms with van der Waals surface area (Å²) in [5, 5.41) is 3.47. The van der Waals surface area contributed by atoms with Gasteiger partial charge >= 0.3 is 6.09 Å². The summed E-state index contributed by atoms with van der Waals surface area (Å²) in [5.41, 5.74) is 4.73. The number of ether oxygens (including phenoxy) is 1. The number of amides is 1. The molecule has 0 atom stereocenters. The van der Waals surface area contributed by atoms with Crippen LogP contribution in [-0.4, -0.2) is 10.7 Å². The van der Waals surface area contributed by atoms with Gasteiger partial charge in [-0.3, -0.25) is 5.32 Å². The molecule has 3 aromatic rings. The third kappa shape index (κ3) is 4.76. The Morgan fingerprint density at radius 2 is 1.71 bits per heavy atom. The lowest BCUT2D eigenvalue weighted by atomic mass is 10.1. The van der Waals surface area contributed by atoms with Crippen molar-refractivity contribution in [2.75, 3.05) is 5.32 Å². The van der Waals surface area contributed by atoms with Gasteiger partial charge in [-0.1, -0.05) is 55.3 Å². The molecule has 0 aliphatic heterocycles. The molecule has 3 rings (SSSR count). The molecule has 0 radical (unpaired) electrons. The van der Waals surface area contributed by atoms with Crippen LogP contribution >= 0.6 is 11.6 Å². The van der Waals surface area contributed by atoms with E-state index in [-0.39, 0.29) is 0 Å². The van der Waals surface area contributed by atoms with Gasteiger partial charge in [0.25, 0.3) is 0 Å². The summed E-state index contributed by atoms with van der Waals surface area (Å²) in [6.07, 6.45) is 1.51. The summed E-state index contributed by atoms with van der Waals surface area (Å²) in [6, 6.07) is 15.2. The van der Waals surface area contributed by atoms with E-state index in [1.807, 2.05) is 73.1 Å². The van der Waals surface area contributed by atoms with Crippen molar-refractivity contribution in [3.8, 4) is 17.0 Å². The minimum Gasteiger partial charge on any atom is -0.392 e. The first-order valence-electron chi connectivity index (χ1n) is 9.34. The molecule has 0 unspecified atom stereocenters. The van der Waals surface area contributed by atoms with Crippen LogP contribution in [0, 0.1) is 19.8 Å². The second kappa shape index (κ2) is 8.53. The number of aromatic nitrogens is 1. The molecule has 0 bridgehead atoms. The Bertz CT molecular complexity index is 958. The van der Waals surface area contributed by atoms with Crippen molar-refractivity contribution in [1.82, 2.24) is 4.57 Å². The van der Waals surface area contributed by atoms with Crippen LogP contribution in [0.25, 0.3) is 11.1 Å². The highest BCUT2D eigenvalue weighted by molar-refractivity contribution is 6.30. The van der Waals surface area contributed by atoms with E-state index in [2.05, 4.69) is 19.2 Å². The molecule has 28 heavy (non-hydrogen) atoms. The van der Waals surface area contributed by atoms with Crippen LogP contribution in [0.15, 0.2) is 54.7 Å². The number of rotatable bonds is 5. The third-order valence-electron chi connectivity index (χ3n) is 4.40. The van der Waals surface area contributed by atoms with E-state index in [1.165, 1.54) is 0 Å². The number of anilines is 1. The molecule has 0 saturated heterocycles. The number of hydrogen-bond acceptors (Lipinski definition) is 2. The number of nitrogens with one attached hydrogen (secondary N) is 1. The summed E-state index contributed by atoms with van der Waals surface area (Å²) in [6.45, 7) is 9.04. The Kier molecular flexibility index (Phi) is 6.10. The van der Waals surface area contributed by atoms with Crippen LogP contribution in [-0.2, 0) is 6.54 Å². The van der Waals surface area contributed by atoms with Crippen molar-refractivity contribution >= 4 is 23.4 Å². The second-order valence-corrected chi connectivity index (χ2v) is 7.86. The van der Waals surface area contributed by atoms with Crippen LogP contribution < -0.4 is 10.1 Å². The van der Waals surface area contributed by atoms with Gasteiger partial charge in [-0.25, -0.2) is 4.79 Å². The smallest absolute Gasteiger partial charge is 0.392 e. The molecule has 146 valence electrons. The summed E-state index contributed by atoms with van der Waals surface area (Å²) >= 11 is 6.04. The fourth-order valence-electron chi connectivity index (χ4n) is 3.14. The van der Waals surface area contributed by atoms with Gasteiger partial charge in [0.05, 0.1) is 0 Å². The predicted octanol–water partition coefficient (Wildman–Crippen LogP) is 6.69. The Morgan fingerprint density at radius 1 is 1.07 bits per heavy atom. The van der Waals surface area contributed by atoms with E-state index < -0.39 is 6.09 Å². The zero-order valence-corrected chi connectivity index (χ0v) is 17.4. The Balaban J connectivity index is 1.93. The zero-order valence-electron chi connectivity index (χ0n) is 16.6. The van der Waals surface area contributed by atoms with E-state index in [0.29, 0.717) is 22.5 Å². The van der Waals surface area contributed by atoms with Crippen molar-refractivity contribution in [3.05, 3.63) is 70.9 Å². The summed E-state index contributed by atoms with van der Waals surface area (Å²) in [7, 11) is 0. The lowest BCUT2D eigenvalue weighted by Crippen LogP contribution is -2.19. The van der Waals surface area contributed by atoms with Gasteiger partial charge in [0, 0.05) is 29.0 Å². The van der Waals surface area contributed by atoms with E-state index in [9.17, 15) is 4.79 Å². The number of aryl methyl sites for hydroxylation is 2. The summed E-state index contributed by atoms with van der Waals surface area (Å²) in [5.74, 6) is 0.950. The quantitative estimate of drug-likeness (QED) is 0.521. The zero-order chi connectivity index (χ0) is 20.3. The molecule has 2 aromatic carbocycles. The molecule has 1 N–H and O–H groups in total. The molecule has 1 heterocycles. The molecule has 0 spiro atoms. The van der Waals surface area contributed by atoms with Crippen molar-refractivity contribution in [2.45, 2.75) is 34.2 Å². The van der Waals surface area contributed by atoms with Gasteiger partial charge in [-0.2, -0.15) is 0 Å². The highest BCUT2D eigenvalue weighted by atomic mass is 35.5. The standard InChI is InChI=1S/C23H25ClN2O2/c1-15(2)13-26-14-17(4)21(18-7-9-19(24)10-8-18)22(26)28-23(27)25-20-11-5-16(3)6-12-20/h5-12,14-15H,13H2,1-4H3,(H,25,27). The average molecular weight is 397 g/mol. The molecule has 1 amide bonds. The summed E-state index contributed by atoms with van der Waals surface area (Å²) in [4.78, 5) is 12.6. The number of halogens is 1. The van der Waals surface area contributed by atoms with Crippen LogP contribution in [0.3, 0.4) is 0 Å². The average Bonchev–Trinajstić information content (AvgIpc) is 2.92. The van der Waals surface area contributed by atoms with Crippen LogP contribution in [0.5, 0.6) is 5.88 Å². The van der Waals surface area contributed by atoms with E-state index in [1.54, 1.807) is 0 Å². The second-order valence-electron chi connectivity index (χ2n) is 7.43. The number of benzene rings is 2. The SMILES string of the molecule is Cc1ccc(NC(=O)Oc2c(-c3ccc(Cl)cc3)c(C)cn2CC(C)C)cc1. The molecule has 4 nitrogen and oxygen atoms in total. The molecule has 0 saturated carbocycles. The van der Waals surface area contributed by atoms with Gasteiger partial charge in [0.1, 0.15) is 0 Å².